The quantitative estimate of drug-likeness (QED) is 0.133. The lowest BCUT2D eigenvalue weighted by Gasteiger charge is -2.61. The smallest absolute Gasteiger partial charge is 0.136 e. The highest BCUT2D eigenvalue weighted by molar-refractivity contribution is 6.02. The molecule has 4 saturated carbocycles. The number of hydrogen-bond acceptors (Lipinski definition) is 2. The molecule has 5 aromatic rings. The zero-order valence-electron chi connectivity index (χ0n) is 28.0. The lowest BCUT2D eigenvalue weighted by atomic mass is 9.54. The molecule has 0 radical (unpaired) electrons. The lowest BCUT2D eigenvalue weighted by Crippen LogP contribution is -2.68. The van der Waals surface area contributed by atoms with E-state index in [1.54, 1.807) is 5.56 Å². The van der Waals surface area contributed by atoms with Crippen LogP contribution in [-0.2, 0) is 11.3 Å². The van der Waals surface area contributed by atoms with Gasteiger partial charge in [-0.15, -0.1) is 0 Å². The van der Waals surface area contributed by atoms with Gasteiger partial charge in [0.15, 0.2) is 0 Å². The fourth-order valence-electron chi connectivity index (χ4n) is 12.4. The molecule has 0 unspecified atom stereocenters. The van der Waals surface area contributed by atoms with Crippen LogP contribution in [0.1, 0.15) is 81.9 Å². The maximum atomic E-state index is 8.00. The second-order valence-electron chi connectivity index (χ2n) is 16.7. The Bertz CT molecular complexity index is 1890. The third-order valence-corrected chi connectivity index (χ3v) is 14.0. The van der Waals surface area contributed by atoms with E-state index in [1.807, 2.05) is 0 Å². The summed E-state index contributed by atoms with van der Waals surface area (Å²) in [4.78, 5) is 4.86. The van der Waals surface area contributed by atoms with Crippen molar-refractivity contribution in [1.29, 1.82) is 0 Å². The molecule has 5 atom stereocenters. The van der Waals surface area contributed by atoms with Gasteiger partial charge in [0.2, 0.25) is 0 Å². The van der Waals surface area contributed by atoms with Gasteiger partial charge in [0.25, 0.3) is 0 Å². The largest absolute Gasteiger partial charge is 0.361 e. The molecule has 0 N–H and O–H groups in total. The van der Waals surface area contributed by atoms with Gasteiger partial charge in [0.1, 0.15) is 18.7 Å². The first-order chi connectivity index (χ1) is 23.1. The maximum absolute atomic E-state index is 8.00. The lowest BCUT2D eigenvalue weighted by molar-refractivity contribution is -0.986. The molecule has 0 spiro atoms. The van der Waals surface area contributed by atoms with Crippen LogP contribution < -0.4 is 0 Å². The second kappa shape index (κ2) is 10.9. The SMILES string of the molecule is CC[C@H]1C[N@+]2(Cc3c4ccccc4cc4ccccc34)CC[C@H]1C[C@@H]2[C@@H](OC12CC3CC(CC(C3)C1)C2)c1ccnc2ccccc12. The summed E-state index contributed by atoms with van der Waals surface area (Å²) >= 11 is 0. The van der Waals surface area contributed by atoms with E-state index in [0.29, 0.717) is 6.04 Å². The molecule has 0 amide bonds. The molecular formula is C44H49N2O+. The fourth-order valence-corrected chi connectivity index (χ4v) is 12.4. The van der Waals surface area contributed by atoms with E-state index in [-0.39, 0.29) is 11.7 Å². The summed E-state index contributed by atoms with van der Waals surface area (Å²) in [6.07, 6.45) is 14.2. The fraction of sp³-hybridized carbons (Fsp3) is 0.477. The minimum atomic E-state index is 0.0435. The predicted molar refractivity (Wildman–Crippen MR) is 192 cm³/mol. The highest BCUT2D eigenvalue weighted by Gasteiger charge is 2.58. The van der Waals surface area contributed by atoms with Gasteiger partial charge in [-0.3, -0.25) is 4.98 Å². The summed E-state index contributed by atoms with van der Waals surface area (Å²) in [6, 6.07) is 32.4. The molecule has 4 aliphatic carbocycles. The van der Waals surface area contributed by atoms with E-state index in [2.05, 4.69) is 98.0 Å². The first-order valence-corrected chi connectivity index (χ1v) is 18.9. The number of fused-ring (bicyclic) bond motifs is 6. The summed E-state index contributed by atoms with van der Waals surface area (Å²) in [7, 11) is 0. The van der Waals surface area contributed by atoms with Crippen LogP contribution in [0, 0.1) is 29.6 Å². The molecule has 6 bridgehead atoms. The van der Waals surface area contributed by atoms with Crippen molar-refractivity contribution in [2.75, 3.05) is 13.1 Å². The van der Waals surface area contributed by atoms with Crippen molar-refractivity contribution in [1.82, 2.24) is 4.98 Å². The van der Waals surface area contributed by atoms with Crippen molar-refractivity contribution in [2.45, 2.75) is 89.0 Å². The number of piperidine rings is 3. The number of nitrogens with zero attached hydrogens (tertiary/aromatic N) is 2. The Labute approximate surface area is 279 Å². The Hall–Kier alpha value is -3.27. The number of quaternary nitrogens is 1. The van der Waals surface area contributed by atoms with E-state index in [9.17, 15) is 0 Å². The molecule has 3 heteroatoms. The molecule has 4 heterocycles. The van der Waals surface area contributed by atoms with Crippen molar-refractivity contribution in [3.05, 3.63) is 102 Å². The summed E-state index contributed by atoms with van der Waals surface area (Å²) in [6.45, 7) is 6.06. The molecule has 3 saturated heterocycles. The molecular weight excluding hydrogens is 572 g/mol. The average Bonchev–Trinajstić information content (AvgIpc) is 3.10. The number of rotatable bonds is 7. The number of aromatic nitrogens is 1. The van der Waals surface area contributed by atoms with Crippen molar-refractivity contribution >= 4 is 32.4 Å². The number of hydrogen-bond donors (Lipinski definition) is 0. The molecule has 3 nitrogen and oxygen atoms in total. The van der Waals surface area contributed by atoms with Crippen LogP contribution >= 0.6 is 0 Å². The maximum Gasteiger partial charge on any atom is 0.136 e. The molecule has 240 valence electrons. The van der Waals surface area contributed by atoms with Crippen LogP contribution in [0.5, 0.6) is 0 Å². The summed E-state index contributed by atoms with van der Waals surface area (Å²) in [5.74, 6) is 4.19. The van der Waals surface area contributed by atoms with Gasteiger partial charge in [0, 0.05) is 35.9 Å². The van der Waals surface area contributed by atoms with Crippen LogP contribution in [0.3, 0.4) is 0 Å². The van der Waals surface area contributed by atoms with Crippen molar-refractivity contribution in [2.24, 2.45) is 29.6 Å². The van der Waals surface area contributed by atoms with Gasteiger partial charge in [0.05, 0.1) is 24.2 Å². The minimum Gasteiger partial charge on any atom is -0.361 e. The average molecular weight is 622 g/mol. The van der Waals surface area contributed by atoms with E-state index < -0.39 is 0 Å². The number of pyridine rings is 1. The molecule has 12 rings (SSSR count). The summed E-state index contributed by atoms with van der Waals surface area (Å²) in [5, 5.41) is 6.91. The monoisotopic (exact) mass is 621 g/mol. The van der Waals surface area contributed by atoms with E-state index in [0.717, 1.165) is 46.1 Å². The molecule has 47 heavy (non-hydrogen) atoms. The standard InChI is InChI=1S/C44H49N2O/c1-2-32-27-46(28-40-36-11-5-3-9-34(36)22-35-10-4-6-12-37(35)40)18-16-33(32)23-42(46)43(39-15-17-45-41-14-8-7-13-38(39)41)47-44-24-29-19-30(25-44)21-31(20-29)26-44/h3-15,17,22,29-33,42-43H,2,16,18-21,23-28H2,1H3/q+1/t29?,30?,31?,32-,33-,42+,43-,44?,46-/m0/s1. The van der Waals surface area contributed by atoms with Gasteiger partial charge in [-0.1, -0.05) is 73.7 Å². The summed E-state index contributed by atoms with van der Waals surface area (Å²) in [5.41, 5.74) is 4.10. The molecule has 4 aromatic carbocycles. The molecule has 7 aliphatic rings. The Morgan fingerprint density at radius 2 is 1.43 bits per heavy atom. The van der Waals surface area contributed by atoms with Crippen molar-refractivity contribution in [3.8, 4) is 0 Å². The topological polar surface area (TPSA) is 22.1 Å². The molecule has 3 aliphatic heterocycles. The third-order valence-electron chi connectivity index (χ3n) is 14.0. The van der Waals surface area contributed by atoms with Gasteiger partial charge in [-0.05, 0) is 114 Å². The normalized spacial score (nSPS) is 34.8. The van der Waals surface area contributed by atoms with E-state index >= 15 is 0 Å². The number of benzene rings is 4. The van der Waals surface area contributed by atoms with Crippen LogP contribution in [0.15, 0.2) is 91.1 Å². The molecule has 7 fully saturated rings. The van der Waals surface area contributed by atoms with E-state index in [4.69, 9.17) is 9.72 Å². The van der Waals surface area contributed by atoms with Crippen LogP contribution in [-0.4, -0.2) is 34.2 Å². The number of para-hydroxylation sites is 1. The van der Waals surface area contributed by atoms with Crippen molar-refractivity contribution in [3.63, 3.8) is 0 Å². The highest BCUT2D eigenvalue weighted by Crippen LogP contribution is 2.60. The zero-order valence-corrected chi connectivity index (χ0v) is 28.0. The predicted octanol–water partition coefficient (Wildman–Crippen LogP) is 10.4. The Morgan fingerprint density at radius 1 is 0.787 bits per heavy atom. The Kier molecular flexibility index (Phi) is 6.64. The Morgan fingerprint density at radius 3 is 2.11 bits per heavy atom. The first kappa shape index (κ1) is 28.7. The van der Waals surface area contributed by atoms with Gasteiger partial charge < -0.3 is 9.22 Å². The van der Waals surface area contributed by atoms with Crippen LogP contribution in [0.4, 0.5) is 0 Å². The zero-order chi connectivity index (χ0) is 31.2. The van der Waals surface area contributed by atoms with Gasteiger partial charge in [-0.25, -0.2) is 0 Å². The van der Waals surface area contributed by atoms with Crippen LogP contribution in [0.25, 0.3) is 32.4 Å². The van der Waals surface area contributed by atoms with Crippen LogP contribution in [0.2, 0.25) is 0 Å². The third kappa shape index (κ3) is 4.63. The van der Waals surface area contributed by atoms with Gasteiger partial charge in [-0.2, -0.15) is 0 Å². The minimum absolute atomic E-state index is 0.0435. The summed E-state index contributed by atoms with van der Waals surface area (Å²) < 4.78 is 9.15. The van der Waals surface area contributed by atoms with Crippen molar-refractivity contribution < 1.29 is 9.22 Å². The molecule has 1 aromatic heterocycles. The second-order valence-corrected chi connectivity index (χ2v) is 16.7. The van der Waals surface area contributed by atoms with Gasteiger partial charge >= 0.3 is 0 Å². The number of ether oxygens (including phenoxy) is 1. The highest BCUT2D eigenvalue weighted by atomic mass is 16.5. The van der Waals surface area contributed by atoms with E-state index in [1.165, 1.54) is 103 Å². The Balaban J connectivity index is 1.15. The first-order valence-electron chi connectivity index (χ1n) is 18.9.